The number of hydrogen-bond acceptors (Lipinski definition) is 4. The largest absolute Gasteiger partial charge is 0.495 e. The Labute approximate surface area is 142 Å². The van der Waals surface area contributed by atoms with Gasteiger partial charge in [0.1, 0.15) is 5.75 Å². The molecule has 122 valence electrons. The van der Waals surface area contributed by atoms with Crippen LogP contribution >= 0.6 is 11.8 Å². The van der Waals surface area contributed by atoms with E-state index in [2.05, 4.69) is 5.32 Å². The number of nitrogens with one attached hydrogen (secondary N) is 1. The molecule has 0 saturated heterocycles. The molecular weight excluding hydrogens is 306 g/mol. The van der Waals surface area contributed by atoms with Crippen molar-refractivity contribution in [3.63, 3.8) is 0 Å². The summed E-state index contributed by atoms with van der Waals surface area (Å²) in [4.78, 5) is 12.4. The minimum atomic E-state index is -0.146. The Morgan fingerprint density at radius 3 is 2.43 bits per heavy atom. The molecule has 0 aliphatic carbocycles. The summed E-state index contributed by atoms with van der Waals surface area (Å²) < 4.78 is 5.42. The Morgan fingerprint density at radius 1 is 1.13 bits per heavy atom. The highest BCUT2D eigenvalue weighted by atomic mass is 32.2. The van der Waals surface area contributed by atoms with Gasteiger partial charge in [-0.3, -0.25) is 4.79 Å². The number of rotatable bonds is 7. The summed E-state index contributed by atoms with van der Waals surface area (Å²) in [5, 5.41) is 3.69. The third kappa shape index (κ3) is 4.52. The van der Waals surface area contributed by atoms with Gasteiger partial charge in [0.25, 0.3) is 0 Å². The van der Waals surface area contributed by atoms with Gasteiger partial charge in [-0.25, -0.2) is 0 Å². The zero-order valence-electron chi connectivity index (χ0n) is 13.8. The minimum Gasteiger partial charge on any atom is -0.495 e. The Morgan fingerprint density at radius 2 is 1.78 bits per heavy atom. The average Bonchev–Trinajstić information content (AvgIpc) is 2.60. The average molecular weight is 329 g/mol. The van der Waals surface area contributed by atoms with Crippen LogP contribution in [-0.2, 0) is 4.79 Å². The van der Waals surface area contributed by atoms with Gasteiger partial charge in [-0.1, -0.05) is 68.1 Å². The van der Waals surface area contributed by atoms with Gasteiger partial charge in [0.05, 0.1) is 18.8 Å². The first-order valence-corrected chi connectivity index (χ1v) is 8.77. The molecule has 0 radical (unpaired) electrons. The maximum atomic E-state index is 12.4. The smallest absolute Gasteiger partial charge is 0.194 e. The summed E-state index contributed by atoms with van der Waals surface area (Å²) in [6.07, 6.45) is 0. The fraction of sp³-hybridized carbons (Fsp3) is 0.316. The lowest BCUT2D eigenvalue weighted by Crippen LogP contribution is -2.24. The molecule has 0 saturated carbocycles. The second-order valence-electron chi connectivity index (χ2n) is 5.27. The molecule has 0 fully saturated rings. The maximum Gasteiger partial charge on any atom is 0.194 e. The molecule has 0 unspecified atom stereocenters. The van der Waals surface area contributed by atoms with Crippen LogP contribution in [0.3, 0.4) is 0 Å². The van der Waals surface area contributed by atoms with Crippen molar-refractivity contribution in [2.75, 3.05) is 18.2 Å². The number of ether oxygens (including phenoxy) is 1. The molecule has 0 aromatic heterocycles. The van der Waals surface area contributed by atoms with Gasteiger partial charge in [0.15, 0.2) is 5.12 Å². The van der Waals surface area contributed by atoms with Crippen LogP contribution in [0.1, 0.15) is 25.5 Å². The standard InChI is InChI=1S/C19H23NO2S/c1-4-23-19(21)14(2)18(15-10-6-5-7-11-15)20-16-12-8-9-13-17(16)22-3/h5-14,18,20H,4H2,1-3H3/t14-,18-/m0/s1. The molecule has 4 heteroatoms. The van der Waals surface area contributed by atoms with E-state index in [9.17, 15) is 4.79 Å². The summed E-state index contributed by atoms with van der Waals surface area (Å²) in [6.45, 7) is 3.98. The predicted molar refractivity (Wildman–Crippen MR) is 98.1 cm³/mol. The summed E-state index contributed by atoms with van der Waals surface area (Å²) in [7, 11) is 1.65. The number of methoxy groups -OCH3 is 1. The quantitative estimate of drug-likeness (QED) is 0.794. The van der Waals surface area contributed by atoms with Crippen LogP contribution in [0.2, 0.25) is 0 Å². The first kappa shape index (κ1) is 17.4. The van der Waals surface area contributed by atoms with E-state index in [0.717, 1.165) is 22.8 Å². The highest BCUT2D eigenvalue weighted by molar-refractivity contribution is 8.13. The van der Waals surface area contributed by atoms with Gasteiger partial charge in [0, 0.05) is 5.92 Å². The second kappa shape index (κ2) is 8.63. The van der Waals surface area contributed by atoms with Crippen molar-refractivity contribution in [2.24, 2.45) is 5.92 Å². The SMILES string of the molecule is CCSC(=O)[C@@H](C)[C@H](Nc1ccccc1OC)c1ccccc1. The Bertz CT molecular complexity index is 630. The molecular formula is C19H23NO2S. The van der Waals surface area contributed by atoms with E-state index in [1.165, 1.54) is 11.8 Å². The van der Waals surface area contributed by atoms with Crippen LogP contribution < -0.4 is 10.1 Å². The molecule has 2 atom stereocenters. The van der Waals surface area contributed by atoms with Crippen LogP contribution in [0, 0.1) is 5.92 Å². The lowest BCUT2D eigenvalue weighted by atomic mass is 9.95. The molecule has 0 aliphatic heterocycles. The first-order chi connectivity index (χ1) is 11.2. The van der Waals surface area contributed by atoms with Crippen LogP contribution in [-0.4, -0.2) is 18.0 Å². The number of para-hydroxylation sites is 2. The van der Waals surface area contributed by atoms with Gasteiger partial charge < -0.3 is 10.1 Å². The fourth-order valence-corrected chi connectivity index (χ4v) is 3.18. The minimum absolute atomic E-state index is 0.0981. The summed E-state index contributed by atoms with van der Waals surface area (Å²) >= 11 is 1.37. The lowest BCUT2D eigenvalue weighted by molar-refractivity contribution is -0.114. The van der Waals surface area contributed by atoms with E-state index in [1.807, 2.05) is 68.4 Å². The van der Waals surface area contributed by atoms with Crippen molar-refractivity contribution in [1.29, 1.82) is 0 Å². The molecule has 1 N–H and O–H groups in total. The Hall–Kier alpha value is -1.94. The first-order valence-electron chi connectivity index (χ1n) is 7.78. The van der Waals surface area contributed by atoms with Gasteiger partial charge in [-0.05, 0) is 23.4 Å². The Kier molecular flexibility index (Phi) is 6.53. The van der Waals surface area contributed by atoms with Crippen LogP contribution in [0.25, 0.3) is 0 Å². The van der Waals surface area contributed by atoms with Gasteiger partial charge in [-0.2, -0.15) is 0 Å². The molecule has 0 heterocycles. The Balaban J connectivity index is 2.32. The van der Waals surface area contributed by atoms with Gasteiger partial charge in [0.2, 0.25) is 0 Å². The van der Waals surface area contributed by atoms with Crippen LogP contribution in [0.4, 0.5) is 5.69 Å². The summed E-state index contributed by atoms with van der Waals surface area (Å²) in [5.74, 6) is 1.42. The molecule has 0 amide bonds. The molecule has 2 rings (SSSR count). The van der Waals surface area contributed by atoms with E-state index >= 15 is 0 Å². The van der Waals surface area contributed by atoms with Crippen molar-refractivity contribution in [2.45, 2.75) is 19.9 Å². The highest BCUT2D eigenvalue weighted by Crippen LogP contribution is 2.33. The van der Waals surface area contributed by atoms with Gasteiger partial charge in [-0.15, -0.1) is 0 Å². The highest BCUT2D eigenvalue weighted by Gasteiger charge is 2.26. The maximum absolute atomic E-state index is 12.4. The fourth-order valence-electron chi connectivity index (χ4n) is 2.50. The molecule has 0 aliphatic rings. The predicted octanol–water partition coefficient (Wildman–Crippen LogP) is 4.76. The van der Waals surface area contributed by atoms with Crippen LogP contribution in [0.15, 0.2) is 54.6 Å². The van der Waals surface area contributed by atoms with Crippen LogP contribution in [0.5, 0.6) is 5.75 Å². The summed E-state index contributed by atoms with van der Waals surface area (Å²) in [6, 6.07) is 17.8. The van der Waals surface area contributed by atoms with E-state index in [1.54, 1.807) is 7.11 Å². The third-order valence-corrected chi connectivity index (χ3v) is 4.68. The van der Waals surface area contributed by atoms with E-state index < -0.39 is 0 Å². The number of carbonyl (C=O) groups is 1. The van der Waals surface area contributed by atoms with Crippen molar-refractivity contribution < 1.29 is 9.53 Å². The number of anilines is 1. The molecule has 0 bridgehead atoms. The zero-order chi connectivity index (χ0) is 16.7. The van der Waals surface area contributed by atoms with Crippen molar-refractivity contribution >= 4 is 22.6 Å². The monoisotopic (exact) mass is 329 g/mol. The van der Waals surface area contributed by atoms with E-state index in [-0.39, 0.29) is 17.1 Å². The van der Waals surface area contributed by atoms with E-state index in [0.29, 0.717) is 0 Å². The molecule has 0 spiro atoms. The molecule has 2 aromatic carbocycles. The van der Waals surface area contributed by atoms with Crippen molar-refractivity contribution in [3.05, 3.63) is 60.2 Å². The van der Waals surface area contributed by atoms with E-state index in [4.69, 9.17) is 4.74 Å². The zero-order valence-corrected chi connectivity index (χ0v) is 14.6. The summed E-state index contributed by atoms with van der Waals surface area (Å²) in [5.41, 5.74) is 1.99. The van der Waals surface area contributed by atoms with Crippen molar-refractivity contribution in [3.8, 4) is 5.75 Å². The number of benzene rings is 2. The lowest BCUT2D eigenvalue weighted by Gasteiger charge is -2.26. The normalized spacial score (nSPS) is 13.2. The number of carbonyl (C=O) groups excluding carboxylic acids is 1. The topological polar surface area (TPSA) is 38.3 Å². The van der Waals surface area contributed by atoms with Gasteiger partial charge >= 0.3 is 0 Å². The second-order valence-corrected chi connectivity index (χ2v) is 6.54. The number of thioether (sulfide) groups is 1. The number of hydrogen-bond donors (Lipinski definition) is 1. The third-order valence-electron chi connectivity index (χ3n) is 3.74. The molecule has 3 nitrogen and oxygen atoms in total. The molecule has 2 aromatic rings. The molecule has 23 heavy (non-hydrogen) atoms. The van der Waals surface area contributed by atoms with Crippen molar-refractivity contribution in [1.82, 2.24) is 0 Å².